The molecule has 4 heteroatoms. The van der Waals surface area contributed by atoms with Crippen LogP contribution >= 0.6 is 0 Å². The van der Waals surface area contributed by atoms with Gasteiger partial charge in [-0.3, -0.25) is 0 Å². The van der Waals surface area contributed by atoms with E-state index in [4.69, 9.17) is 8.85 Å². The molecule has 0 saturated carbocycles. The highest BCUT2D eigenvalue weighted by Gasteiger charge is 2.19. The Morgan fingerprint density at radius 3 is 1.52 bits per heavy atom. The van der Waals surface area contributed by atoms with E-state index in [0.29, 0.717) is 0 Å². The minimum atomic E-state index is -0.672. The Morgan fingerprint density at radius 2 is 1.12 bits per heavy atom. The highest BCUT2D eigenvalue weighted by Crippen LogP contribution is 2.15. The lowest BCUT2D eigenvalue weighted by Crippen LogP contribution is -2.32. The van der Waals surface area contributed by atoms with Crippen LogP contribution in [0.4, 0.5) is 0 Å². The van der Waals surface area contributed by atoms with Crippen LogP contribution < -0.4 is 10.4 Å². The number of rotatable bonds is 8. The smallest absolute Gasteiger partial charge is 0.192 e. The van der Waals surface area contributed by atoms with Gasteiger partial charge in [0.15, 0.2) is 19.5 Å². The Labute approximate surface area is 157 Å². The van der Waals surface area contributed by atoms with Crippen LogP contribution in [0.2, 0.25) is 0 Å². The predicted octanol–water partition coefficient (Wildman–Crippen LogP) is 2.10. The van der Waals surface area contributed by atoms with E-state index in [9.17, 15) is 0 Å². The van der Waals surface area contributed by atoms with E-state index in [1.807, 2.05) is 0 Å². The Balaban J connectivity index is 1.79. The first-order valence-corrected chi connectivity index (χ1v) is 11.6. The molecule has 0 aliphatic rings. The lowest BCUT2D eigenvalue weighted by molar-refractivity contribution is 0.118. The number of benzene rings is 2. The molecule has 0 radical (unpaired) electrons. The molecule has 0 spiro atoms. The third kappa shape index (κ3) is 5.92. The molecule has 2 aromatic carbocycles. The summed E-state index contributed by atoms with van der Waals surface area (Å²) in [5.41, 5.74) is 5.57. The van der Waals surface area contributed by atoms with Crippen LogP contribution in [-0.4, -0.2) is 32.7 Å². The van der Waals surface area contributed by atoms with Gasteiger partial charge in [-0.1, -0.05) is 50.2 Å². The summed E-state index contributed by atoms with van der Waals surface area (Å²) in [4.78, 5) is 0. The minimum absolute atomic E-state index is 0.0649. The highest BCUT2D eigenvalue weighted by atomic mass is 28.2. The van der Waals surface area contributed by atoms with Crippen molar-refractivity contribution in [3.05, 3.63) is 58.7 Å². The van der Waals surface area contributed by atoms with Crippen LogP contribution in [0.5, 0.6) is 0 Å². The molecule has 0 atom stereocenters. The van der Waals surface area contributed by atoms with Crippen LogP contribution in [0.1, 0.15) is 36.1 Å². The summed E-state index contributed by atoms with van der Waals surface area (Å²) in [5.74, 6) is 0. The summed E-state index contributed by atoms with van der Waals surface area (Å²) in [5, 5.41) is 2.84. The zero-order valence-corrected chi connectivity index (χ0v) is 19.4. The maximum atomic E-state index is 6.14. The fourth-order valence-corrected chi connectivity index (χ4v) is 6.06. The van der Waals surface area contributed by atoms with E-state index in [1.54, 1.807) is 0 Å². The maximum absolute atomic E-state index is 6.14. The first-order chi connectivity index (χ1) is 11.8. The zero-order valence-electron chi connectivity index (χ0n) is 16.6. The van der Waals surface area contributed by atoms with Crippen molar-refractivity contribution in [2.24, 2.45) is 5.41 Å². The third-order valence-corrected chi connectivity index (χ3v) is 7.90. The quantitative estimate of drug-likeness (QED) is 0.661. The fraction of sp³-hybridized carbons (Fsp3) is 0.429. The van der Waals surface area contributed by atoms with Gasteiger partial charge >= 0.3 is 0 Å². The SMILES string of the molecule is Cc1cccc([SiH2]OCC(C)(C)CO[SiH2]c2cccc(C)c2C)c1C. The van der Waals surface area contributed by atoms with Gasteiger partial charge in [0.2, 0.25) is 0 Å². The topological polar surface area (TPSA) is 18.5 Å². The molecule has 0 bridgehead atoms. The molecule has 0 N–H and O–H groups in total. The summed E-state index contributed by atoms with van der Waals surface area (Å²) in [7, 11) is -1.34. The Bertz CT molecular complexity index is 652. The minimum Gasteiger partial charge on any atom is -0.418 e. The van der Waals surface area contributed by atoms with Gasteiger partial charge in [-0.2, -0.15) is 0 Å². The van der Waals surface area contributed by atoms with E-state index in [2.05, 4.69) is 77.9 Å². The molecule has 0 fully saturated rings. The van der Waals surface area contributed by atoms with Gasteiger partial charge < -0.3 is 8.85 Å². The van der Waals surface area contributed by atoms with Gasteiger partial charge in [-0.15, -0.1) is 0 Å². The van der Waals surface area contributed by atoms with Crippen LogP contribution in [-0.2, 0) is 8.85 Å². The molecule has 0 aliphatic carbocycles. The lowest BCUT2D eigenvalue weighted by atomic mass is 9.97. The zero-order chi connectivity index (χ0) is 18.4. The first kappa shape index (κ1) is 20.1. The fourth-order valence-electron chi connectivity index (χ4n) is 2.85. The van der Waals surface area contributed by atoms with Crippen molar-refractivity contribution >= 4 is 29.9 Å². The second-order valence-corrected chi connectivity index (χ2v) is 10.8. The summed E-state index contributed by atoms with van der Waals surface area (Å²) >= 11 is 0. The van der Waals surface area contributed by atoms with Crippen LogP contribution in [0.25, 0.3) is 0 Å². The first-order valence-electron chi connectivity index (χ1n) is 9.06. The van der Waals surface area contributed by atoms with Gasteiger partial charge in [0, 0.05) is 18.6 Å². The Hall–Kier alpha value is -1.21. The molecule has 2 aromatic rings. The van der Waals surface area contributed by atoms with E-state index < -0.39 is 19.5 Å². The second-order valence-electron chi connectivity index (χ2n) is 7.87. The van der Waals surface area contributed by atoms with E-state index >= 15 is 0 Å². The summed E-state index contributed by atoms with van der Waals surface area (Å²) < 4.78 is 12.3. The number of hydrogen-bond donors (Lipinski definition) is 0. The van der Waals surface area contributed by atoms with Crippen molar-refractivity contribution in [1.82, 2.24) is 0 Å². The van der Waals surface area contributed by atoms with E-state index in [1.165, 1.54) is 32.6 Å². The number of aryl methyl sites for hydroxylation is 2. The Morgan fingerprint density at radius 1 is 0.720 bits per heavy atom. The van der Waals surface area contributed by atoms with Gasteiger partial charge in [-0.05, 0) is 60.3 Å². The molecule has 0 saturated heterocycles. The van der Waals surface area contributed by atoms with Crippen molar-refractivity contribution < 1.29 is 8.85 Å². The average Bonchev–Trinajstić information content (AvgIpc) is 2.55. The Kier molecular flexibility index (Phi) is 7.19. The van der Waals surface area contributed by atoms with Crippen LogP contribution in [0.15, 0.2) is 36.4 Å². The lowest BCUT2D eigenvalue weighted by Gasteiger charge is -2.25. The van der Waals surface area contributed by atoms with Gasteiger partial charge in [0.05, 0.1) is 0 Å². The van der Waals surface area contributed by atoms with Gasteiger partial charge in [-0.25, -0.2) is 0 Å². The van der Waals surface area contributed by atoms with Crippen LogP contribution in [0.3, 0.4) is 0 Å². The van der Waals surface area contributed by atoms with E-state index in [-0.39, 0.29) is 5.41 Å². The summed E-state index contributed by atoms with van der Waals surface area (Å²) in [6.07, 6.45) is 0. The molecule has 0 unspecified atom stereocenters. The summed E-state index contributed by atoms with van der Waals surface area (Å²) in [6, 6.07) is 13.0. The molecular formula is C21H32O2Si2. The van der Waals surface area contributed by atoms with Crippen molar-refractivity contribution in [2.75, 3.05) is 13.2 Å². The van der Waals surface area contributed by atoms with Crippen molar-refractivity contribution in [3.63, 3.8) is 0 Å². The van der Waals surface area contributed by atoms with Gasteiger partial charge in [0.25, 0.3) is 0 Å². The molecule has 25 heavy (non-hydrogen) atoms. The highest BCUT2D eigenvalue weighted by molar-refractivity contribution is 6.48. The molecule has 136 valence electrons. The third-order valence-electron chi connectivity index (χ3n) is 4.93. The molecule has 0 aromatic heterocycles. The monoisotopic (exact) mass is 372 g/mol. The largest absolute Gasteiger partial charge is 0.418 e. The molecule has 0 aliphatic heterocycles. The molecular weight excluding hydrogens is 340 g/mol. The molecule has 0 amide bonds. The molecule has 2 nitrogen and oxygen atoms in total. The molecule has 0 heterocycles. The molecule has 2 rings (SSSR count). The maximum Gasteiger partial charge on any atom is 0.192 e. The second kappa shape index (κ2) is 8.94. The van der Waals surface area contributed by atoms with Crippen LogP contribution in [0, 0.1) is 33.1 Å². The van der Waals surface area contributed by atoms with Crippen molar-refractivity contribution in [3.8, 4) is 0 Å². The summed E-state index contributed by atoms with van der Waals surface area (Å²) in [6.45, 7) is 14.8. The van der Waals surface area contributed by atoms with E-state index in [0.717, 1.165) is 13.2 Å². The van der Waals surface area contributed by atoms with Gasteiger partial charge in [0.1, 0.15) is 0 Å². The van der Waals surface area contributed by atoms with Crippen molar-refractivity contribution in [1.29, 1.82) is 0 Å². The standard InChI is InChI=1S/C21H32O2Si2/c1-15-9-7-11-19(17(15)3)24-22-13-21(5,6)14-23-25-20-12-8-10-16(2)18(20)4/h7-12H,13-14,24-25H2,1-6H3. The normalized spacial score (nSPS) is 12.7. The average molecular weight is 373 g/mol. The number of hydrogen-bond acceptors (Lipinski definition) is 2. The van der Waals surface area contributed by atoms with Crippen molar-refractivity contribution in [2.45, 2.75) is 41.5 Å². The predicted molar refractivity (Wildman–Crippen MR) is 114 cm³/mol.